The molecule has 2 N–H and O–H groups in total. The van der Waals surface area contributed by atoms with Gasteiger partial charge >= 0.3 is 7.60 Å². The van der Waals surface area contributed by atoms with E-state index in [0.29, 0.717) is 19.6 Å². The summed E-state index contributed by atoms with van der Waals surface area (Å²) in [5.74, 6) is -0.489. The van der Waals surface area contributed by atoms with E-state index in [2.05, 4.69) is 0 Å². The van der Waals surface area contributed by atoms with Crippen molar-refractivity contribution in [2.75, 3.05) is 13.2 Å². The van der Waals surface area contributed by atoms with Crippen LogP contribution >= 0.6 is 7.60 Å². The van der Waals surface area contributed by atoms with Gasteiger partial charge in [-0.1, -0.05) is 13.3 Å². The SMILES string of the molecule is CCC[C@H](N)P(=O)(OCC)OCC. The van der Waals surface area contributed by atoms with Gasteiger partial charge < -0.3 is 14.8 Å². The Hall–Kier alpha value is 0.110. The van der Waals surface area contributed by atoms with Gasteiger partial charge in [-0.15, -0.1) is 0 Å². The maximum Gasteiger partial charge on any atom is 0.347 e. The van der Waals surface area contributed by atoms with E-state index in [1.54, 1.807) is 13.8 Å². The molecular weight excluding hydrogens is 189 g/mol. The monoisotopic (exact) mass is 209 g/mol. The zero-order valence-corrected chi connectivity index (χ0v) is 9.55. The van der Waals surface area contributed by atoms with Gasteiger partial charge in [0.15, 0.2) is 0 Å². The molecule has 0 aromatic rings. The average Bonchev–Trinajstić information content (AvgIpc) is 2.05. The molecule has 0 aliphatic rings. The molecule has 0 aromatic heterocycles. The van der Waals surface area contributed by atoms with Crippen molar-refractivity contribution in [3.63, 3.8) is 0 Å². The predicted molar refractivity (Wildman–Crippen MR) is 53.7 cm³/mol. The Balaban J connectivity index is 4.28. The lowest BCUT2D eigenvalue weighted by Crippen LogP contribution is -2.22. The van der Waals surface area contributed by atoms with E-state index >= 15 is 0 Å². The van der Waals surface area contributed by atoms with E-state index in [-0.39, 0.29) is 0 Å². The van der Waals surface area contributed by atoms with Crippen LogP contribution in [-0.2, 0) is 13.6 Å². The quantitative estimate of drug-likeness (QED) is 0.654. The van der Waals surface area contributed by atoms with Crippen molar-refractivity contribution in [1.82, 2.24) is 0 Å². The molecule has 1 atom stereocenters. The van der Waals surface area contributed by atoms with Crippen LogP contribution in [0.1, 0.15) is 33.6 Å². The zero-order chi connectivity index (χ0) is 10.3. The fourth-order valence-electron chi connectivity index (χ4n) is 1.04. The lowest BCUT2D eigenvalue weighted by molar-refractivity contribution is 0.210. The van der Waals surface area contributed by atoms with Gasteiger partial charge in [0.1, 0.15) is 5.78 Å². The van der Waals surface area contributed by atoms with Crippen molar-refractivity contribution in [1.29, 1.82) is 0 Å². The van der Waals surface area contributed by atoms with Gasteiger partial charge in [-0.05, 0) is 20.3 Å². The maximum absolute atomic E-state index is 11.9. The molecule has 80 valence electrons. The molecule has 0 aliphatic carbocycles. The second-order valence-corrected chi connectivity index (χ2v) is 4.99. The van der Waals surface area contributed by atoms with Crippen LogP contribution < -0.4 is 5.73 Å². The third-order valence-corrected chi connectivity index (χ3v) is 3.92. The van der Waals surface area contributed by atoms with E-state index in [4.69, 9.17) is 14.8 Å². The highest BCUT2D eigenvalue weighted by Gasteiger charge is 2.31. The second-order valence-electron chi connectivity index (χ2n) is 2.73. The van der Waals surface area contributed by atoms with Crippen LogP contribution in [0.15, 0.2) is 0 Å². The molecule has 0 amide bonds. The van der Waals surface area contributed by atoms with Crippen molar-refractivity contribution < 1.29 is 13.6 Å². The first-order valence-corrected chi connectivity index (χ1v) is 6.36. The molecule has 0 radical (unpaired) electrons. The summed E-state index contributed by atoms with van der Waals surface area (Å²) in [5.41, 5.74) is 5.72. The van der Waals surface area contributed by atoms with Crippen molar-refractivity contribution in [3.05, 3.63) is 0 Å². The summed E-state index contributed by atoms with van der Waals surface area (Å²) in [5, 5.41) is 0. The van der Waals surface area contributed by atoms with Gasteiger partial charge in [0.25, 0.3) is 0 Å². The van der Waals surface area contributed by atoms with Crippen molar-refractivity contribution in [2.45, 2.75) is 39.4 Å². The first-order valence-electron chi connectivity index (χ1n) is 4.75. The highest BCUT2D eigenvalue weighted by Crippen LogP contribution is 2.52. The van der Waals surface area contributed by atoms with E-state index in [0.717, 1.165) is 6.42 Å². The van der Waals surface area contributed by atoms with Gasteiger partial charge in [0.05, 0.1) is 13.2 Å². The van der Waals surface area contributed by atoms with Gasteiger partial charge in [-0.3, -0.25) is 4.57 Å². The highest BCUT2D eigenvalue weighted by atomic mass is 31.2. The lowest BCUT2D eigenvalue weighted by Gasteiger charge is -2.22. The molecule has 0 spiro atoms. The molecular formula is C8H20NO3P. The maximum atomic E-state index is 11.9. The van der Waals surface area contributed by atoms with Crippen molar-refractivity contribution in [2.24, 2.45) is 5.73 Å². The first kappa shape index (κ1) is 13.1. The lowest BCUT2D eigenvalue weighted by atomic mass is 10.3. The summed E-state index contributed by atoms with van der Waals surface area (Å²) in [7, 11) is -3.05. The highest BCUT2D eigenvalue weighted by molar-refractivity contribution is 7.54. The summed E-state index contributed by atoms with van der Waals surface area (Å²) in [6.45, 7) is 6.29. The van der Waals surface area contributed by atoms with E-state index < -0.39 is 13.4 Å². The molecule has 0 aliphatic heterocycles. The molecule has 0 saturated carbocycles. The van der Waals surface area contributed by atoms with Crippen LogP contribution in [0.3, 0.4) is 0 Å². The zero-order valence-electron chi connectivity index (χ0n) is 8.66. The predicted octanol–water partition coefficient (Wildman–Crippen LogP) is 2.34. The Labute approximate surface area is 80.3 Å². The Morgan fingerprint density at radius 2 is 1.69 bits per heavy atom. The summed E-state index contributed by atoms with van der Waals surface area (Å²) >= 11 is 0. The average molecular weight is 209 g/mol. The van der Waals surface area contributed by atoms with Gasteiger partial charge in [-0.25, -0.2) is 0 Å². The molecule has 5 heteroatoms. The van der Waals surface area contributed by atoms with Gasteiger partial charge in [0.2, 0.25) is 0 Å². The van der Waals surface area contributed by atoms with Crippen LogP contribution in [-0.4, -0.2) is 19.0 Å². The normalized spacial score (nSPS) is 14.5. The van der Waals surface area contributed by atoms with Crippen molar-refractivity contribution in [3.8, 4) is 0 Å². The fraction of sp³-hybridized carbons (Fsp3) is 1.00. The number of nitrogens with two attached hydrogens (primary N) is 1. The first-order chi connectivity index (χ1) is 6.10. The minimum Gasteiger partial charge on any atom is -0.318 e. The molecule has 0 aromatic carbocycles. The summed E-state index contributed by atoms with van der Waals surface area (Å²) in [4.78, 5) is 0. The van der Waals surface area contributed by atoms with Crippen LogP contribution in [0.2, 0.25) is 0 Å². The Morgan fingerprint density at radius 1 is 1.23 bits per heavy atom. The molecule has 0 fully saturated rings. The Morgan fingerprint density at radius 3 is 2.00 bits per heavy atom. The number of hydrogen-bond acceptors (Lipinski definition) is 4. The molecule has 0 bridgehead atoms. The number of hydrogen-bond donors (Lipinski definition) is 1. The molecule has 0 rings (SSSR count). The second kappa shape index (κ2) is 6.55. The number of rotatable bonds is 7. The van der Waals surface area contributed by atoms with Gasteiger partial charge in [-0.2, -0.15) is 0 Å². The van der Waals surface area contributed by atoms with Crippen molar-refractivity contribution >= 4 is 7.60 Å². The van der Waals surface area contributed by atoms with Crippen LogP contribution in [0.5, 0.6) is 0 Å². The summed E-state index contributed by atoms with van der Waals surface area (Å²) in [6, 6.07) is 0. The van der Waals surface area contributed by atoms with E-state index in [1.165, 1.54) is 0 Å². The summed E-state index contributed by atoms with van der Waals surface area (Å²) in [6.07, 6.45) is 1.54. The topological polar surface area (TPSA) is 61.6 Å². The molecule has 13 heavy (non-hydrogen) atoms. The van der Waals surface area contributed by atoms with Gasteiger partial charge in [0, 0.05) is 0 Å². The minimum absolute atomic E-state index is 0.370. The molecule has 0 heterocycles. The Kier molecular flexibility index (Phi) is 6.60. The fourth-order valence-corrected chi connectivity index (χ4v) is 2.79. The molecule has 4 nitrogen and oxygen atoms in total. The Bertz CT molecular complexity index is 165. The molecule has 0 unspecified atom stereocenters. The standard InChI is InChI=1S/C8H20NO3P/c1-4-7-8(9)13(10,11-5-2)12-6-3/h8H,4-7,9H2,1-3H3/t8-/m1/s1. The van der Waals surface area contributed by atoms with Crippen LogP contribution in [0.25, 0.3) is 0 Å². The van der Waals surface area contributed by atoms with E-state index in [1.807, 2.05) is 6.92 Å². The summed E-state index contributed by atoms with van der Waals surface area (Å²) < 4.78 is 22.1. The van der Waals surface area contributed by atoms with Crippen LogP contribution in [0, 0.1) is 0 Å². The van der Waals surface area contributed by atoms with Crippen LogP contribution in [0.4, 0.5) is 0 Å². The largest absolute Gasteiger partial charge is 0.347 e. The molecule has 0 saturated heterocycles. The third kappa shape index (κ3) is 4.23. The minimum atomic E-state index is -3.05. The third-order valence-electron chi connectivity index (χ3n) is 1.61. The van der Waals surface area contributed by atoms with E-state index in [9.17, 15) is 4.57 Å². The smallest absolute Gasteiger partial charge is 0.318 e.